The molecule has 3 aliphatic rings. The summed E-state index contributed by atoms with van der Waals surface area (Å²) in [6.45, 7) is 11.1. The summed E-state index contributed by atoms with van der Waals surface area (Å²) in [4.78, 5) is 0. The predicted octanol–water partition coefficient (Wildman–Crippen LogP) is 3.39. The molecule has 3 rings (SSSR count). The van der Waals surface area contributed by atoms with E-state index in [1.165, 1.54) is 18.4 Å². The zero-order chi connectivity index (χ0) is 11.7. The van der Waals surface area contributed by atoms with Gasteiger partial charge in [-0.05, 0) is 61.7 Å². The number of rotatable bonds is 0. The van der Waals surface area contributed by atoms with Crippen LogP contribution in [-0.4, -0.2) is 10.7 Å². The molecular weight excluding hydrogens is 196 g/mol. The van der Waals surface area contributed by atoms with E-state index in [0.717, 1.165) is 24.7 Å². The molecule has 3 fully saturated rings. The summed E-state index contributed by atoms with van der Waals surface area (Å²) in [5.74, 6) is 3.07. The van der Waals surface area contributed by atoms with Gasteiger partial charge in [0.2, 0.25) is 0 Å². The van der Waals surface area contributed by atoms with Gasteiger partial charge in [0, 0.05) is 0 Å². The number of hydrogen-bond acceptors (Lipinski definition) is 1. The molecule has 0 heterocycles. The normalized spacial score (nSPS) is 54.1. The van der Waals surface area contributed by atoms with Crippen LogP contribution in [0.25, 0.3) is 0 Å². The highest BCUT2D eigenvalue weighted by Crippen LogP contribution is 2.70. The molecule has 0 bridgehead atoms. The lowest BCUT2D eigenvalue weighted by Crippen LogP contribution is -2.19. The summed E-state index contributed by atoms with van der Waals surface area (Å²) in [5.41, 5.74) is 1.52. The molecule has 0 saturated heterocycles. The van der Waals surface area contributed by atoms with E-state index >= 15 is 0 Å². The molecule has 0 aromatic carbocycles. The van der Waals surface area contributed by atoms with E-state index in [0.29, 0.717) is 17.3 Å². The third-order valence-electron chi connectivity index (χ3n) is 5.75. The summed E-state index contributed by atoms with van der Waals surface area (Å²) < 4.78 is 0. The van der Waals surface area contributed by atoms with Crippen LogP contribution in [0.15, 0.2) is 12.2 Å². The first-order valence-corrected chi connectivity index (χ1v) is 6.73. The third kappa shape index (κ3) is 1.33. The summed E-state index contributed by atoms with van der Waals surface area (Å²) in [5, 5.41) is 10.3. The Labute approximate surface area is 98.9 Å². The highest BCUT2D eigenvalue weighted by Gasteiger charge is 2.64. The third-order valence-corrected chi connectivity index (χ3v) is 5.75. The van der Waals surface area contributed by atoms with Gasteiger partial charge in [0.1, 0.15) is 0 Å². The first-order valence-electron chi connectivity index (χ1n) is 6.73. The van der Waals surface area contributed by atoms with Crippen LogP contribution in [0.4, 0.5) is 0 Å². The molecule has 16 heavy (non-hydrogen) atoms. The highest BCUT2D eigenvalue weighted by molar-refractivity contribution is 5.21. The molecule has 0 radical (unpaired) electrons. The van der Waals surface area contributed by atoms with Crippen LogP contribution >= 0.6 is 0 Å². The second kappa shape index (κ2) is 2.93. The molecule has 5 atom stereocenters. The Bertz CT molecular complexity index is 339. The van der Waals surface area contributed by atoms with Gasteiger partial charge in [0.05, 0.1) is 5.60 Å². The molecule has 0 amide bonds. The minimum atomic E-state index is -0.432. The van der Waals surface area contributed by atoms with Crippen molar-refractivity contribution in [3.05, 3.63) is 12.2 Å². The fraction of sp³-hybridized carbons (Fsp3) is 0.867. The van der Waals surface area contributed by atoms with Crippen LogP contribution in [0, 0.1) is 29.1 Å². The molecule has 0 aliphatic heterocycles. The standard InChI is InChI=1S/C15H24O/c1-9-5-6-12-13(14(12,2)3)11-8-15(4,16)7-10(9)11/h10-13,16H,1,5-8H2,2-4H3. The number of hydrogen-bond donors (Lipinski definition) is 1. The zero-order valence-corrected chi connectivity index (χ0v) is 10.8. The molecule has 5 unspecified atom stereocenters. The monoisotopic (exact) mass is 220 g/mol. The lowest BCUT2D eigenvalue weighted by Gasteiger charge is -2.21. The van der Waals surface area contributed by atoms with Crippen LogP contribution in [-0.2, 0) is 0 Å². The van der Waals surface area contributed by atoms with E-state index in [2.05, 4.69) is 20.4 Å². The fourth-order valence-corrected chi connectivity index (χ4v) is 4.90. The first kappa shape index (κ1) is 10.8. The highest BCUT2D eigenvalue weighted by atomic mass is 16.3. The summed E-state index contributed by atoms with van der Waals surface area (Å²) in [7, 11) is 0. The van der Waals surface area contributed by atoms with Crippen molar-refractivity contribution >= 4 is 0 Å². The second-order valence-corrected chi connectivity index (χ2v) is 7.33. The van der Waals surface area contributed by atoms with E-state index in [4.69, 9.17) is 0 Å². The Morgan fingerprint density at radius 2 is 1.94 bits per heavy atom. The van der Waals surface area contributed by atoms with Crippen molar-refractivity contribution in [3.63, 3.8) is 0 Å². The molecule has 0 aromatic rings. The number of allylic oxidation sites excluding steroid dienone is 1. The average Bonchev–Trinajstić information content (AvgIpc) is 2.58. The molecule has 1 nitrogen and oxygen atoms in total. The lowest BCUT2D eigenvalue weighted by atomic mass is 9.83. The summed E-state index contributed by atoms with van der Waals surface area (Å²) in [6, 6.07) is 0. The van der Waals surface area contributed by atoms with Gasteiger partial charge < -0.3 is 5.11 Å². The van der Waals surface area contributed by atoms with E-state index < -0.39 is 5.60 Å². The van der Waals surface area contributed by atoms with Gasteiger partial charge in [-0.3, -0.25) is 0 Å². The minimum absolute atomic E-state index is 0.432. The van der Waals surface area contributed by atoms with E-state index in [9.17, 15) is 5.11 Å². The maximum Gasteiger partial charge on any atom is 0.0628 e. The van der Waals surface area contributed by atoms with Crippen LogP contribution in [0.3, 0.4) is 0 Å². The molecule has 0 aromatic heterocycles. The average molecular weight is 220 g/mol. The predicted molar refractivity (Wildman–Crippen MR) is 66.0 cm³/mol. The molecule has 3 aliphatic carbocycles. The Hall–Kier alpha value is -0.300. The van der Waals surface area contributed by atoms with Crippen molar-refractivity contribution in [1.29, 1.82) is 0 Å². The maximum absolute atomic E-state index is 10.3. The van der Waals surface area contributed by atoms with Gasteiger partial charge in [-0.25, -0.2) is 0 Å². The second-order valence-electron chi connectivity index (χ2n) is 7.33. The smallest absolute Gasteiger partial charge is 0.0628 e. The molecule has 1 heteroatoms. The zero-order valence-electron chi connectivity index (χ0n) is 10.8. The van der Waals surface area contributed by atoms with Crippen LogP contribution < -0.4 is 0 Å². The van der Waals surface area contributed by atoms with Gasteiger partial charge in [-0.1, -0.05) is 26.0 Å². The van der Waals surface area contributed by atoms with Gasteiger partial charge in [-0.15, -0.1) is 0 Å². The van der Waals surface area contributed by atoms with Crippen molar-refractivity contribution in [2.75, 3.05) is 0 Å². The lowest BCUT2D eigenvalue weighted by molar-refractivity contribution is 0.0601. The van der Waals surface area contributed by atoms with Gasteiger partial charge >= 0.3 is 0 Å². The maximum atomic E-state index is 10.3. The van der Waals surface area contributed by atoms with E-state index in [-0.39, 0.29) is 0 Å². The first-order chi connectivity index (χ1) is 7.33. The number of aliphatic hydroxyl groups is 1. The molecule has 1 N–H and O–H groups in total. The van der Waals surface area contributed by atoms with E-state index in [1.807, 2.05) is 6.92 Å². The topological polar surface area (TPSA) is 20.2 Å². The Kier molecular flexibility index (Phi) is 1.98. The van der Waals surface area contributed by atoms with Crippen molar-refractivity contribution in [3.8, 4) is 0 Å². The van der Waals surface area contributed by atoms with Crippen LogP contribution in [0.5, 0.6) is 0 Å². The van der Waals surface area contributed by atoms with Crippen LogP contribution in [0.2, 0.25) is 0 Å². The van der Waals surface area contributed by atoms with Gasteiger partial charge in [-0.2, -0.15) is 0 Å². The van der Waals surface area contributed by atoms with E-state index in [1.54, 1.807) is 0 Å². The molecule has 0 spiro atoms. The summed E-state index contributed by atoms with van der Waals surface area (Å²) in [6.07, 6.45) is 4.49. The molecular formula is C15H24O. The summed E-state index contributed by atoms with van der Waals surface area (Å²) >= 11 is 0. The quantitative estimate of drug-likeness (QED) is 0.620. The Morgan fingerprint density at radius 1 is 1.25 bits per heavy atom. The molecule has 3 saturated carbocycles. The van der Waals surface area contributed by atoms with Crippen molar-refractivity contribution in [2.24, 2.45) is 29.1 Å². The fourth-order valence-electron chi connectivity index (χ4n) is 4.90. The Balaban J connectivity index is 1.91. The van der Waals surface area contributed by atoms with Crippen LogP contribution in [0.1, 0.15) is 46.5 Å². The van der Waals surface area contributed by atoms with Crippen molar-refractivity contribution < 1.29 is 5.11 Å². The van der Waals surface area contributed by atoms with Crippen molar-refractivity contribution in [2.45, 2.75) is 52.1 Å². The Morgan fingerprint density at radius 3 is 2.62 bits per heavy atom. The molecule has 90 valence electrons. The number of fused-ring (bicyclic) bond motifs is 3. The van der Waals surface area contributed by atoms with Gasteiger partial charge in [0.15, 0.2) is 0 Å². The minimum Gasteiger partial charge on any atom is -0.390 e. The van der Waals surface area contributed by atoms with Crippen molar-refractivity contribution in [1.82, 2.24) is 0 Å². The van der Waals surface area contributed by atoms with Gasteiger partial charge in [0.25, 0.3) is 0 Å². The largest absolute Gasteiger partial charge is 0.390 e. The SMILES string of the molecule is C=C1CCC2C(C3CC(C)(O)CC13)C2(C)C.